The number of hydrogen-bond donors (Lipinski definition) is 1. The zero-order valence-corrected chi connectivity index (χ0v) is 10.9. The summed E-state index contributed by atoms with van der Waals surface area (Å²) in [4.78, 5) is 14.6. The second-order valence-corrected chi connectivity index (χ2v) is 5.89. The third-order valence-corrected chi connectivity index (χ3v) is 4.19. The van der Waals surface area contributed by atoms with Crippen LogP contribution in [0, 0.1) is 11.8 Å². The van der Waals surface area contributed by atoms with E-state index >= 15 is 0 Å². The average molecular weight is 240 g/mol. The molecule has 0 aromatic rings. The fourth-order valence-electron chi connectivity index (χ4n) is 3.11. The molecule has 0 radical (unpaired) electrons. The molecule has 4 nitrogen and oxygen atoms in total. The molecule has 0 spiro atoms. The summed E-state index contributed by atoms with van der Waals surface area (Å²) >= 11 is 0. The first-order valence-corrected chi connectivity index (χ1v) is 6.65. The molecule has 1 amide bonds. The predicted molar refractivity (Wildman–Crippen MR) is 66.5 cm³/mol. The summed E-state index contributed by atoms with van der Waals surface area (Å²) in [6.45, 7) is 6.82. The molecule has 2 unspecified atom stereocenters. The SMILES string of the molecule is CC1(C)COCCN1C(=O)C1CCCC1CN. The average Bonchev–Trinajstić information content (AvgIpc) is 2.75. The number of amides is 1. The van der Waals surface area contributed by atoms with Crippen LogP contribution in [-0.4, -0.2) is 42.6 Å². The molecule has 1 aliphatic heterocycles. The number of nitrogens with zero attached hydrogens (tertiary/aromatic N) is 1. The molecule has 2 aliphatic rings. The van der Waals surface area contributed by atoms with E-state index in [1.807, 2.05) is 4.90 Å². The van der Waals surface area contributed by atoms with Gasteiger partial charge in [-0.3, -0.25) is 4.79 Å². The number of carbonyl (C=O) groups is 1. The van der Waals surface area contributed by atoms with Gasteiger partial charge < -0.3 is 15.4 Å². The number of nitrogens with two attached hydrogens (primary N) is 1. The minimum Gasteiger partial charge on any atom is -0.377 e. The van der Waals surface area contributed by atoms with Crippen molar-refractivity contribution in [3.8, 4) is 0 Å². The smallest absolute Gasteiger partial charge is 0.226 e. The molecule has 2 fully saturated rings. The minimum absolute atomic E-state index is 0.150. The monoisotopic (exact) mass is 240 g/mol. The van der Waals surface area contributed by atoms with Crippen LogP contribution >= 0.6 is 0 Å². The zero-order chi connectivity index (χ0) is 12.5. The van der Waals surface area contributed by atoms with Gasteiger partial charge in [0.15, 0.2) is 0 Å². The lowest BCUT2D eigenvalue weighted by atomic mass is 9.92. The maximum absolute atomic E-state index is 12.6. The molecule has 1 aliphatic carbocycles. The highest BCUT2D eigenvalue weighted by Gasteiger charge is 2.41. The Morgan fingerprint density at radius 1 is 1.47 bits per heavy atom. The van der Waals surface area contributed by atoms with Crippen LogP contribution in [0.25, 0.3) is 0 Å². The fourth-order valence-corrected chi connectivity index (χ4v) is 3.11. The van der Waals surface area contributed by atoms with Gasteiger partial charge in [-0.1, -0.05) is 6.42 Å². The van der Waals surface area contributed by atoms with Crippen LogP contribution in [0.5, 0.6) is 0 Å². The van der Waals surface area contributed by atoms with Crippen molar-refractivity contribution in [3.63, 3.8) is 0 Å². The van der Waals surface area contributed by atoms with Gasteiger partial charge in [0.2, 0.25) is 5.91 Å². The van der Waals surface area contributed by atoms with E-state index in [1.54, 1.807) is 0 Å². The zero-order valence-electron chi connectivity index (χ0n) is 10.9. The van der Waals surface area contributed by atoms with Crippen molar-refractivity contribution in [2.75, 3.05) is 26.3 Å². The van der Waals surface area contributed by atoms with Gasteiger partial charge in [-0.05, 0) is 39.2 Å². The van der Waals surface area contributed by atoms with E-state index < -0.39 is 0 Å². The maximum atomic E-state index is 12.6. The standard InChI is InChI=1S/C13H24N2O2/c1-13(2)9-17-7-6-15(13)12(16)11-5-3-4-10(11)8-14/h10-11H,3-9,14H2,1-2H3. The molecular formula is C13H24N2O2. The van der Waals surface area contributed by atoms with Crippen LogP contribution in [0.3, 0.4) is 0 Å². The Morgan fingerprint density at radius 2 is 2.24 bits per heavy atom. The molecule has 2 N–H and O–H groups in total. The Bertz CT molecular complexity index is 291. The van der Waals surface area contributed by atoms with E-state index in [1.165, 1.54) is 0 Å². The quantitative estimate of drug-likeness (QED) is 0.783. The molecule has 4 heteroatoms. The first-order valence-electron chi connectivity index (χ1n) is 6.65. The third-order valence-electron chi connectivity index (χ3n) is 4.19. The summed E-state index contributed by atoms with van der Waals surface area (Å²) < 4.78 is 5.46. The third kappa shape index (κ3) is 2.47. The van der Waals surface area contributed by atoms with E-state index in [0.717, 1.165) is 25.8 Å². The predicted octanol–water partition coefficient (Wildman–Crippen LogP) is 0.999. The fraction of sp³-hybridized carbons (Fsp3) is 0.923. The number of rotatable bonds is 2. The lowest BCUT2D eigenvalue weighted by Gasteiger charge is -2.43. The minimum atomic E-state index is -0.170. The van der Waals surface area contributed by atoms with Crippen molar-refractivity contribution in [1.29, 1.82) is 0 Å². The molecule has 98 valence electrons. The summed E-state index contributed by atoms with van der Waals surface area (Å²) in [6, 6.07) is 0. The lowest BCUT2D eigenvalue weighted by molar-refractivity contribution is -0.151. The van der Waals surface area contributed by atoms with Gasteiger partial charge in [0, 0.05) is 12.5 Å². The summed E-state index contributed by atoms with van der Waals surface area (Å²) in [5.41, 5.74) is 5.59. The van der Waals surface area contributed by atoms with Gasteiger partial charge in [-0.2, -0.15) is 0 Å². The van der Waals surface area contributed by atoms with Crippen molar-refractivity contribution in [1.82, 2.24) is 4.90 Å². The largest absolute Gasteiger partial charge is 0.377 e. The highest BCUT2D eigenvalue weighted by molar-refractivity contribution is 5.80. The van der Waals surface area contributed by atoms with E-state index in [-0.39, 0.29) is 11.5 Å². The number of ether oxygens (including phenoxy) is 1. The molecule has 0 aromatic heterocycles. The second kappa shape index (κ2) is 4.94. The maximum Gasteiger partial charge on any atom is 0.226 e. The Hall–Kier alpha value is -0.610. The van der Waals surface area contributed by atoms with Crippen LogP contribution in [0.1, 0.15) is 33.1 Å². The molecule has 1 saturated heterocycles. The van der Waals surface area contributed by atoms with E-state index in [0.29, 0.717) is 31.6 Å². The lowest BCUT2D eigenvalue weighted by Crippen LogP contribution is -2.57. The first kappa shape index (κ1) is 12.8. The number of morpholine rings is 1. The van der Waals surface area contributed by atoms with E-state index in [4.69, 9.17) is 10.5 Å². The van der Waals surface area contributed by atoms with Crippen molar-refractivity contribution in [3.05, 3.63) is 0 Å². The van der Waals surface area contributed by atoms with Gasteiger partial charge in [0.05, 0.1) is 18.8 Å². The Balaban J connectivity index is 2.08. The van der Waals surface area contributed by atoms with Crippen LogP contribution < -0.4 is 5.73 Å². The van der Waals surface area contributed by atoms with Crippen molar-refractivity contribution >= 4 is 5.91 Å². The van der Waals surface area contributed by atoms with E-state index in [2.05, 4.69) is 13.8 Å². The van der Waals surface area contributed by atoms with Crippen LogP contribution in [0.15, 0.2) is 0 Å². The highest BCUT2D eigenvalue weighted by Crippen LogP contribution is 2.34. The highest BCUT2D eigenvalue weighted by atomic mass is 16.5. The molecule has 2 rings (SSSR count). The second-order valence-electron chi connectivity index (χ2n) is 5.89. The van der Waals surface area contributed by atoms with Crippen molar-refractivity contribution in [2.45, 2.75) is 38.6 Å². The Morgan fingerprint density at radius 3 is 2.88 bits per heavy atom. The van der Waals surface area contributed by atoms with Crippen LogP contribution in [0.2, 0.25) is 0 Å². The molecule has 2 atom stereocenters. The molecule has 17 heavy (non-hydrogen) atoms. The summed E-state index contributed by atoms with van der Waals surface area (Å²) in [5.74, 6) is 0.838. The summed E-state index contributed by atoms with van der Waals surface area (Å²) in [5, 5.41) is 0. The van der Waals surface area contributed by atoms with Gasteiger partial charge in [-0.15, -0.1) is 0 Å². The van der Waals surface area contributed by atoms with Gasteiger partial charge in [0.25, 0.3) is 0 Å². The van der Waals surface area contributed by atoms with Crippen molar-refractivity contribution in [2.24, 2.45) is 17.6 Å². The number of carbonyl (C=O) groups excluding carboxylic acids is 1. The topological polar surface area (TPSA) is 55.6 Å². The molecule has 0 aromatic carbocycles. The van der Waals surface area contributed by atoms with Crippen LogP contribution in [0.4, 0.5) is 0 Å². The van der Waals surface area contributed by atoms with Gasteiger partial charge >= 0.3 is 0 Å². The molecule has 0 bridgehead atoms. The summed E-state index contributed by atoms with van der Waals surface area (Å²) in [7, 11) is 0. The molecule has 1 saturated carbocycles. The summed E-state index contributed by atoms with van der Waals surface area (Å²) in [6.07, 6.45) is 3.26. The first-order chi connectivity index (χ1) is 8.06. The normalized spacial score (nSPS) is 32.8. The number of hydrogen-bond acceptors (Lipinski definition) is 3. The Kier molecular flexibility index (Phi) is 3.73. The van der Waals surface area contributed by atoms with E-state index in [9.17, 15) is 4.79 Å². The van der Waals surface area contributed by atoms with Gasteiger partial charge in [0.1, 0.15) is 0 Å². The molecule has 1 heterocycles. The van der Waals surface area contributed by atoms with Crippen molar-refractivity contribution < 1.29 is 9.53 Å². The van der Waals surface area contributed by atoms with Gasteiger partial charge in [-0.25, -0.2) is 0 Å². The molecular weight excluding hydrogens is 216 g/mol. The van der Waals surface area contributed by atoms with Crippen LogP contribution in [-0.2, 0) is 9.53 Å². The Labute approximate surface area is 103 Å².